The number of fused-ring (bicyclic) bond motifs is 1. The summed E-state index contributed by atoms with van der Waals surface area (Å²) in [5.74, 6) is 1.54. The SMILES string of the molecule is CCC(CNC(=O)c1ccc2c(c1)OCO2)c1ccccc1. The lowest BCUT2D eigenvalue weighted by Crippen LogP contribution is -2.28. The Kier molecular flexibility index (Phi) is 4.28. The summed E-state index contributed by atoms with van der Waals surface area (Å²) in [7, 11) is 0. The Bertz CT molecular complexity index is 655. The van der Waals surface area contributed by atoms with E-state index in [2.05, 4.69) is 24.4 Å². The van der Waals surface area contributed by atoms with Crippen LogP contribution in [-0.2, 0) is 0 Å². The minimum atomic E-state index is -0.0901. The monoisotopic (exact) mass is 297 g/mol. The van der Waals surface area contributed by atoms with Gasteiger partial charge in [0.1, 0.15) is 0 Å². The number of amides is 1. The average molecular weight is 297 g/mol. The number of hydrogen-bond acceptors (Lipinski definition) is 3. The van der Waals surface area contributed by atoms with Crippen molar-refractivity contribution in [1.29, 1.82) is 0 Å². The highest BCUT2D eigenvalue weighted by Gasteiger charge is 2.17. The highest BCUT2D eigenvalue weighted by Crippen LogP contribution is 2.32. The molecule has 0 bridgehead atoms. The van der Waals surface area contributed by atoms with E-state index in [1.165, 1.54) is 5.56 Å². The first kappa shape index (κ1) is 14.4. The molecule has 1 N–H and O–H groups in total. The van der Waals surface area contributed by atoms with E-state index in [9.17, 15) is 4.79 Å². The van der Waals surface area contributed by atoms with Crippen molar-refractivity contribution in [3.63, 3.8) is 0 Å². The summed E-state index contributed by atoms with van der Waals surface area (Å²) in [6, 6.07) is 15.5. The fourth-order valence-electron chi connectivity index (χ4n) is 2.58. The molecule has 4 heteroatoms. The largest absolute Gasteiger partial charge is 0.454 e. The summed E-state index contributed by atoms with van der Waals surface area (Å²) < 4.78 is 10.6. The second-order valence-corrected chi connectivity index (χ2v) is 5.29. The van der Waals surface area contributed by atoms with Gasteiger partial charge in [-0.1, -0.05) is 37.3 Å². The van der Waals surface area contributed by atoms with Crippen LogP contribution in [0.15, 0.2) is 48.5 Å². The van der Waals surface area contributed by atoms with Crippen molar-refractivity contribution in [1.82, 2.24) is 5.32 Å². The molecule has 22 heavy (non-hydrogen) atoms. The van der Waals surface area contributed by atoms with Gasteiger partial charge < -0.3 is 14.8 Å². The van der Waals surface area contributed by atoms with Crippen molar-refractivity contribution in [2.45, 2.75) is 19.3 Å². The molecule has 0 radical (unpaired) electrons. The number of benzene rings is 2. The van der Waals surface area contributed by atoms with E-state index >= 15 is 0 Å². The third-order valence-electron chi connectivity index (χ3n) is 3.91. The summed E-state index contributed by atoms with van der Waals surface area (Å²) in [5.41, 5.74) is 1.84. The van der Waals surface area contributed by atoms with Gasteiger partial charge in [-0.2, -0.15) is 0 Å². The first-order chi connectivity index (χ1) is 10.8. The number of carbonyl (C=O) groups is 1. The number of ether oxygens (including phenoxy) is 2. The number of hydrogen-bond donors (Lipinski definition) is 1. The maximum atomic E-state index is 12.3. The molecule has 1 aliphatic rings. The molecule has 1 heterocycles. The zero-order valence-corrected chi connectivity index (χ0v) is 12.5. The van der Waals surface area contributed by atoms with Crippen LogP contribution < -0.4 is 14.8 Å². The van der Waals surface area contributed by atoms with Crippen LogP contribution in [-0.4, -0.2) is 19.2 Å². The van der Waals surface area contributed by atoms with Crippen molar-refractivity contribution in [2.24, 2.45) is 0 Å². The maximum Gasteiger partial charge on any atom is 0.251 e. The van der Waals surface area contributed by atoms with E-state index in [4.69, 9.17) is 9.47 Å². The molecule has 0 fully saturated rings. The van der Waals surface area contributed by atoms with Crippen LogP contribution in [0.25, 0.3) is 0 Å². The second-order valence-electron chi connectivity index (χ2n) is 5.29. The summed E-state index contributed by atoms with van der Waals surface area (Å²) in [4.78, 5) is 12.3. The van der Waals surface area contributed by atoms with Gasteiger partial charge in [-0.05, 0) is 30.2 Å². The van der Waals surface area contributed by atoms with Gasteiger partial charge in [0.25, 0.3) is 5.91 Å². The van der Waals surface area contributed by atoms with E-state index in [1.807, 2.05) is 18.2 Å². The van der Waals surface area contributed by atoms with Crippen molar-refractivity contribution in [3.05, 3.63) is 59.7 Å². The first-order valence-electron chi connectivity index (χ1n) is 7.50. The highest BCUT2D eigenvalue weighted by molar-refractivity contribution is 5.94. The lowest BCUT2D eigenvalue weighted by atomic mass is 9.96. The molecular formula is C18H19NO3. The molecular weight excluding hydrogens is 278 g/mol. The Labute approximate surface area is 130 Å². The van der Waals surface area contributed by atoms with E-state index in [0.717, 1.165) is 6.42 Å². The number of carbonyl (C=O) groups excluding carboxylic acids is 1. The first-order valence-corrected chi connectivity index (χ1v) is 7.50. The third-order valence-corrected chi connectivity index (χ3v) is 3.91. The zero-order chi connectivity index (χ0) is 15.4. The minimum Gasteiger partial charge on any atom is -0.454 e. The van der Waals surface area contributed by atoms with Gasteiger partial charge >= 0.3 is 0 Å². The van der Waals surface area contributed by atoms with Crippen molar-refractivity contribution >= 4 is 5.91 Å². The lowest BCUT2D eigenvalue weighted by molar-refractivity contribution is 0.0950. The number of nitrogens with one attached hydrogen (secondary N) is 1. The van der Waals surface area contributed by atoms with Crippen LogP contribution in [0.4, 0.5) is 0 Å². The average Bonchev–Trinajstić information content (AvgIpc) is 3.03. The number of rotatable bonds is 5. The van der Waals surface area contributed by atoms with Crippen molar-refractivity contribution < 1.29 is 14.3 Å². The van der Waals surface area contributed by atoms with E-state index in [1.54, 1.807) is 18.2 Å². The summed E-state index contributed by atoms with van der Waals surface area (Å²) in [5, 5.41) is 3.00. The standard InChI is InChI=1S/C18H19NO3/c1-2-13(14-6-4-3-5-7-14)11-19-18(20)15-8-9-16-17(10-15)22-12-21-16/h3-10,13H,2,11-12H2,1H3,(H,19,20). The Hall–Kier alpha value is -2.49. The molecule has 3 rings (SSSR count). The predicted octanol–water partition coefficient (Wildman–Crippen LogP) is 3.34. The molecule has 1 unspecified atom stereocenters. The van der Waals surface area contributed by atoms with Gasteiger partial charge in [-0.3, -0.25) is 4.79 Å². The van der Waals surface area contributed by atoms with Crippen molar-refractivity contribution in [3.8, 4) is 11.5 Å². The third kappa shape index (κ3) is 3.06. The van der Waals surface area contributed by atoms with Crippen LogP contribution in [0, 0.1) is 0 Å². The Morgan fingerprint density at radius 1 is 1.14 bits per heavy atom. The molecule has 2 aromatic rings. The minimum absolute atomic E-state index is 0.0901. The summed E-state index contributed by atoms with van der Waals surface area (Å²) >= 11 is 0. The Morgan fingerprint density at radius 3 is 2.68 bits per heavy atom. The highest BCUT2D eigenvalue weighted by atomic mass is 16.7. The van der Waals surface area contributed by atoms with Gasteiger partial charge in [0.15, 0.2) is 11.5 Å². The van der Waals surface area contributed by atoms with Crippen LogP contribution in [0.2, 0.25) is 0 Å². The molecule has 4 nitrogen and oxygen atoms in total. The quantitative estimate of drug-likeness (QED) is 0.920. The van der Waals surface area contributed by atoms with Gasteiger partial charge in [0.05, 0.1) is 0 Å². The molecule has 114 valence electrons. The molecule has 0 spiro atoms. The van der Waals surface area contributed by atoms with Gasteiger partial charge in [0, 0.05) is 18.0 Å². The lowest BCUT2D eigenvalue weighted by Gasteiger charge is -2.16. The molecule has 1 aliphatic heterocycles. The second kappa shape index (κ2) is 6.52. The zero-order valence-electron chi connectivity index (χ0n) is 12.5. The molecule has 0 saturated carbocycles. The smallest absolute Gasteiger partial charge is 0.251 e. The van der Waals surface area contributed by atoms with Crippen molar-refractivity contribution in [2.75, 3.05) is 13.3 Å². The molecule has 0 aliphatic carbocycles. The molecule has 0 saturated heterocycles. The molecule has 1 amide bonds. The van der Waals surface area contributed by atoms with E-state index in [-0.39, 0.29) is 12.7 Å². The summed E-state index contributed by atoms with van der Waals surface area (Å²) in [6.07, 6.45) is 0.978. The van der Waals surface area contributed by atoms with Gasteiger partial charge in [-0.25, -0.2) is 0 Å². The van der Waals surface area contributed by atoms with E-state index in [0.29, 0.717) is 29.5 Å². The Balaban J connectivity index is 1.64. The van der Waals surface area contributed by atoms with Crippen LogP contribution in [0.3, 0.4) is 0 Å². The van der Waals surface area contributed by atoms with Gasteiger partial charge in [0.2, 0.25) is 6.79 Å². The van der Waals surface area contributed by atoms with Crippen LogP contribution in [0.5, 0.6) is 11.5 Å². The predicted molar refractivity (Wildman–Crippen MR) is 84.4 cm³/mol. The molecule has 0 aromatic heterocycles. The fraction of sp³-hybridized carbons (Fsp3) is 0.278. The van der Waals surface area contributed by atoms with Crippen LogP contribution in [0.1, 0.15) is 35.2 Å². The fourth-order valence-corrected chi connectivity index (χ4v) is 2.58. The van der Waals surface area contributed by atoms with E-state index < -0.39 is 0 Å². The maximum absolute atomic E-state index is 12.3. The van der Waals surface area contributed by atoms with Crippen LogP contribution >= 0.6 is 0 Å². The normalized spacial score (nSPS) is 13.7. The summed E-state index contributed by atoms with van der Waals surface area (Å²) in [6.45, 7) is 2.96. The molecule has 2 aromatic carbocycles. The Morgan fingerprint density at radius 2 is 1.91 bits per heavy atom. The topological polar surface area (TPSA) is 47.6 Å². The molecule has 1 atom stereocenters. The van der Waals surface area contributed by atoms with Gasteiger partial charge in [-0.15, -0.1) is 0 Å².